The van der Waals surface area contributed by atoms with Crippen LogP contribution in [0.3, 0.4) is 0 Å². The van der Waals surface area contributed by atoms with E-state index < -0.39 is 0 Å². The molecule has 0 amide bonds. The molecule has 4 heteroatoms. The summed E-state index contributed by atoms with van der Waals surface area (Å²) in [6.07, 6.45) is 0.757. The fourth-order valence-corrected chi connectivity index (χ4v) is 0.492. The molecule has 0 spiro atoms. The first kappa shape index (κ1) is 10.1. The highest BCUT2D eigenvalue weighted by Crippen LogP contribution is 2.02. The quantitative estimate of drug-likeness (QED) is 0.345. The van der Waals surface area contributed by atoms with E-state index in [2.05, 4.69) is 5.18 Å². The highest BCUT2D eigenvalue weighted by atomic mass is 16.5. The highest BCUT2D eigenvalue weighted by Gasteiger charge is 2.10. The average molecular weight is 159 g/mol. The monoisotopic (exact) mass is 159 g/mol. The van der Waals surface area contributed by atoms with Gasteiger partial charge in [0.2, 0.25) is 0 Å². The summed E-state index contributed by atoms with van der Waals surface area (Å²) in [4.78, 5) is 20.5. The number of hydrogen-bond acceptors (Lipinski definition) is 4. The summed E-state index contributed by atoms with van der Waals surface area (Å²) in [5.41, 5.74) is 0. The van der Waals surface area contributed by atoms with Crippen LogP contribution < -0.4 is 0 Å². The van der Waals surface area contributed by atoms with E-state index in [1.807, 2.05) is 6.92 Å². The topological polar surface area (TPSA) is 55.7 Å². The molecule has 0 aliphatic carbocycles. The van der Waals surface area contributed by atoms with Gasteiger partial charge in [-0.25, -0.2) is 0 Å². The SMILES string of the molecule is CCC(C)C(=O)OCCN=O. The van der Waals surface area contributed by atoms with E-state index in [0.29, 0.717) is 0 Å². The third-order valence-corrected chi connectivity index (χ3v) is 1.44. The standard InChI is InChI=1S/C7H13NO3/c1-3-6(2)7(9)11-5-4-8-10/h6H,3-5H2,1-2H3. The second-order valence-electron chi connectivity index (χ2n) is 2.33. The van der Waals surface area contributed by atoms with Gasteiger partial charge in [0.15, 0.2) is 0 Å². The number of hydrogen-bond donors (Lipinski definition) is 0. The number of ether oxygens (including phenoxy) is 1. The van der Waals surface area contributed by atoms with Gasteiger partial charge in [-0.2, -0.15) is 4.91 Å². The summed E-state index contributed by atoms with van der Waals surface area (Å²) in [6, 6.07) is 0. The Morgan fingerprint density at radius 2 is 2.27 bits per heavy atom. The number of nitroso groups, excluding NO2 is 1. The number of rotatable bonds is 5. The van der Waals surface area contributed by atoms with Crippen molar-refractivity contribution in [3.05, 3.63) is 4.91 Å². The zero-order valence-corrected chi connectivity index (χ0v) is 6.87. The maximum Gasteiger partial charge on any atom is 0.308 e. The van der Waals surface area contributed by atoms with Crippen LogP contribution in [0.4, 0.5) is 0 Å². The molecule has 4 nitrogen and oxygen atoms in total. The van der Waals surface area contributed by atoms with Crippen molar-refractivity contribution in [1.82, 2.24) is 0 Å². The van der Waals surface area contributed by atoms with Crippen LogP contribution in [0.25, 0.3) is 0 Å². The first-order valence-electron chi connectivity index (χ1n) is 3.68. The second kappa shape index (κ2) is 5.82. The lowest BCUT2D eigenvalue weighted by atomic mass is 10.1. The Hall–Kier alpha value is -0.930. The van der Waals surface area contributed by atoms with E-state index >= 15 is 0 Å². The van der Waals surface area contributed by atoms with Crippen molar-refractivity contribution < 1.29 is 9.53 Å². The molecule has 0 fully saturated rings. The van der Waals surface area contributed by atoms with Gasteiger partial charge < -0.3 is 4.74 Å². The van der Waals surface area contributed by atoms with Crippen LogP contribution in [0.2, 0.25) is 0 Å². The number of carbonyl (C=O) groups excluding carboxylic acids is 1. The molecule has 0 aliphatic heterocycles. The minimum atomic E-state index is -0.254. The smallest absolute Gasteiger partial charge is 0.308 e. The molecule has 0 saturated carbocycles. The minimum Gasteiger partial charge on any atom is -0.463 e. The Kier molecular flexibility index (Phi) is 5.33. The maximum absolute atomic E-state index is 10.9. The van der Waals surface area contributed by atoms with Crippen molar-refractivity contribution in [2.24, 2.45) is 11.1 Å². The third-order valence-electron chi connectivity index (χ3n) is 1.44. The summed E-state index contributed by atoms with van der Waals surface area (Å²) < 4.78 is 4.70. The predicted molar refractivity (Wildman–Crippen MR) is 41.1 cm³/mol. The fraction of sp³-hybridized carbons (Fsp3) is 0.857. The normalized spacial score (nSPS) is 12.2. The Labute approximate surface area is 65.9 Å². The molecule has 0 saturated heterocycles. The molecule has 64 valence electrons. The minimum absolute atomic E-state index is 0.0438. The summed E-state index contributed by atoms with van der Waals surface area (Å²) in [5, 5.41) is 2.57. The molecular formula is C7H13NO3. The Morgan fingerprint density at radius 3 is 2.73 bits per heavy atom. The van der Waals surface area contributed by atoms with Crippen molar-refractivity contribution in [2.75, 3.05) is 13.2 Å². The van der Waals surface area contributed by atoms with Crippen molar-refractivity contribution in [3.63, 3.8) is 0 Å². The van der Waals surface area contributed by atoms with Gasteiger partial charge in [-0.1, -0.05) is 19.0 Å². The molecule has 0 radical (unpaired) electrons. The summed E-state index contributed by atoms with van der Waals surface area (Å²) in [7, 11) is 0. The lowest BCUT2D eigenvalue weighted by Gasteiger charge is -2.06. The summed E-state index contributed by atoms with van der Waals surface area (Å²) in [5.74, 6) is -0.335. The average Bonchev–Trinajstić information content (AvgIpc) is 2.03. The van der Waals surface area contributed by atoms with E-state index in [4.69, 9.17) is 4.74 Å². The molecular weight excluding hydrogens is 146 g/mol. The zero-order valence-electron chi connectivity index (χ0n) is 6.87. The molecule has 0 bridgehead atoms. The van der Waals surface area contributed by atoms with Crippen LogP contribution in [-0.2, 0) is 9.53 Å². The molecule has 11 heavy (non-hydrogen) atoms. The first-order valence-corrected chi connectivity index (χ1v) is 3.68. The number of nitrogens with zero attached hydrogens (tertiary/aromatic N) is 1. The van der Waals surface area contributed by atoms with Crippen LogP contribution >= 0.6 is 0 Å². The van der Waals surface area contributed by atoms with Gasteiger partial charge in [0.05, 0.1) is 5.92 Å². The number of carbonyl (C=O) groups is 1. The van der Waals surface area contributed by atoms with Gasteiger partial charge in [-0.15, -0.1) is 0 Å². The van der Waals surface area contributed by atoms with Gasteiger partial charge in [0.25, 0.3) is 0 Å². The van der Waals surface area contributed by atoms with Crippen LogP contribution in [0.5, 0.6) is 0 Å². The van der Waals surface area contributed by atoms with Gasteiger partial charge >= 0.3 is 5.97 Å². The van der Waals surface area contributed by atoms with Crippen LogP contribution in [0.1, 0.15) is 20.3 Å². The van der Waals surface area contributed by atoms with E-state index in [-0.39, 0.29) is 25.0 Å². The largest absolute Gasteiger partial charge is 0.463 e. The van der Waals surface area contributed by atoms with Gasteiger partial charge in [-0.05, 0) is 6.42 Å². The van der Waals surface area contributed by atoms with Gasteiger partial charge in [0, 0.05) is 0 Å². The van der Waals surface area contributed by atoms with E-state index in [1.54, 1.807) is 6.92 Å². The fourth-order valence-electron chi connectivity index (χ4n) is 0.492. The molecule has 1 atom stereocenters. The summed E-state index contributed by atoms with van der Waals surface area (Å²) >= 11 is 0. The Balaban J connectivity index is 3.43. The predicted octanol–water partition coefficient (Wildman–Crippen LogP) is 1.34. The van der Waals surface area contributed by atoms with Crippen LogP contribution in [-0.4, -0.2) is 19.1 Å². The summed E-state index contributed by atoms with van der Waals surface area (Å²) in [6.45, 7) is 3.84. The van der Waals surface area contributed by atoms with E-state index in [0.717, 1.165) is 6.42 Å². The molecule has 0 rings (SSSR count). The molecule has 0 N–H and O–H groups in total. The van der Waals surface area contributed by atoms with E-state index in [9.17, 15) is 9.70 Å². The molecule has 0 aromatic heterocycles. The third kappa shape index (κ3) is 4.47. The zero-order chi connectivity index (χ0) is 8.69. The van der Waals surface area contributed by atoms with Crippen molar-refractivity contribution in [1.29, 1.82) is 0 Å². The van der Waals surface area contributed by atoms with Crippen LogP contribution in [0, 0.1) is 10.8 Å². The maximum atomic E-state index is 10.9. The second-order valence-corrected chi connectivity index (χ2v) is 2.33. The van der Waals surface area contributed by atoms with Crippen molar-refractivity contribution in [3.8, 4) is 0 Å². The van der Waals surface area contributed by atoms with Crippen molar-refractivity contribution in [2.45, 2.75) is 20.3 Å². The van der Waals surface area contributed by atoms with Gasteiger partial charge in [-0.3, -0.25) is 4.79 Å². The Bertz CT molecular complexity index is 136. The molecule has 0 heterocycles. The molecule has 0 aliphatic rings. The molecule has 0 aromatic rings. The van der Waals surface area contributed by atoms with Gasteiger partial charge in [0.1, 0.15) is 13.2 Å². The Morgan fingerprint density at radius 1 is 1.64 bits per heavy atom. The lowest BCUT2D eigenvalue weighted by Crippen LogP contribution is -2.15. The number of esters is 1. The molecule has 1 unspecified atom stereocenters. The highest BCUT2D eigenvalue weighted by molar-refractivity contribution is 5.71. The van der Waals surface area contributed by atoms with Crippen molar-refractivity contribution >= 4 is 5.97 Å². The molecule has 0 aromatic carbocycles. The lowest BCUT2D eigenvalue weighted by molar-refractivity contribution is -0.147. The van der Waals surface area contributed by atoms with Crippen LogP contribution in [0.15, 0.2) is 5.18 Å². The first-order chi connectivity index (χ1) is 5.22. The van der Waals surface area contributed by atoms with E-state index in [1.165, 1.54) is 0 Å².